The zero-order valence-electron chi connectivity index (χ0n) is 8.26. The molecule has 0 atom stereocenters. The highest BCUT2D eigenvalue weighted by molar-refractivity contribution is 5.78. The summed E-state index contributed by atoms with van der Waals surface area (Å²) in [6, 6.07) is 6.60. The van der Waals surface area contributed by atoms with Gasteiger partial charge in [-0.2, -0.15) is 0 Å². The average molecular weight is 194 g/mol. The normalized spacial score (nSPS) is 9.64. The Kier molecular flexibility index (Phi) is 4.13. The zero-order chi connectivity index (χ0) is 10.4. The Labute approximate surface area is 82.9 Å². The van der Waals surface area contributed by atoms with Gasteiger partial charge in [0.2, 0.25) is 0 Å². The second-order valence-corrected chi connectivity index (χ2v) is 3.00. The van der Waals surface area contributed by atoms with E-state index in [2.05, 4.69) is 11.9 Å². The Morgan fingerprint density at radius 1 is 1.36 bits per heavy atom. The van der Waals surface area contributed by atoms with E-state index in [0.29, 0.717) is 0 Å². The fourth-order valence-electron chi connectivity index (χ4n) is 1.02. The van der Waals surface area contributed by atoms with E-state index >= 15 is 0 Å². The lowest BCUT2D eigenvalue weighted by Gasteiger charge is -1.87. The van der Waals surface area contributed by atoms with Gasteiger partial charge in [-0.1, -0.05) is 6.92 Å². The van der Waals surface area contributed by atoms with Gasteiger partial charge >= 0.3 is 0 Å². The van der Waals surface area contributed by atoms with Gasteiger partial charge in [-0.3, -0.25) is 0 Å². The van der Waals surface area contributed by atoms with Gasteiger partial charge in [0.15, 0.2) is 0 Å². The van der Waals surface area contributed by atoms with Crippen LogP contribution in [0.4, 0.5) is 4.39 Å². The first-order valence-corrected chi connectivity index (χ1v) is 4.70. The average Bonchev–Trinajstić information content (AvgIpc) is 2.65. The SMILES string of the molecule is CCCN.Fc1ccc2cc[nH]c2c1. The number of halogens is 1. The van der Waals surface area contributed by atoms with Crippen molar-refractivity contribution in [2.45, 2.75) is 13.3 Å². The molecule has 2 rings (SSSR count). The van der Waals surface area contributed by atoms with E-state index in [-0.39, 0.29) is 5.82 Å². The summed E-state index contributed by atoms with van der Waals surface area (Å²) in [7, 11) is 0. The van der Waals surface area contributed by atoms with Crippen LogP contribution in [0.1, 0.15) is 13.3 Å². The van der Waals surface area contributed by atoms with Gasteiger partial charge in [-0.05, 0) is 42.6 Å². The topological polar surface area (TPSA) is 41.8 Å². The summed E-state index contributed by atoms with van der Waals surface area (Å²) >= 11 is 0. The minimum atomic E-state index is -0.199. The molecular formula is C11H15FN2. The number of hydrogen-bond acceptors (Lipinski definition) is 1. The van der Waals surface area contributed by atoms with Gasteiger partial charge < -0.3 is 10.7 Å². The van der Waals surface area contributed by atoms with Crippen LogP contribution >= 0.6 is 0 Å². The highest BCUT2D eigenvalue weighted by Gasteiger charge is 1.93. The number of aromatic amines is 1. The quantitative estimate of drug-likeness (QED) is 0.720. The first-order valence-electron chi connectivity index (χ1n) is 4.70. The lowest BCUT2D eigenvalue weighted by Crippen LogP contribution is -1.93. The second kappa shape index (κ2) is 5.40. The van der Waals surface area contributed by atoms with Crippen molar-refractivity contribution in [1.29, 1.82) is 0 Å². The van der Waals surface area contributed by atoms with Crippen LogP contribution in [-0.4, -0.2) is 11.5 Å². The van der Waals surface area contributed by atoms with Gasteiger partial charge in [-0.25, -0.2) is 4.39 Å². The van der Waals surface area contributed by atoms with Crippen LogP contribution in [0.25, 0.3) is 10.9 Å². The van der Waals surface area contributed by atoms with Gasteiger partial charge in [0.05, 0.1) is 0 Å². The van der Waals surface area contributed by atoms with Crippen molar-refractivity contribution in [3.8, 4) is 0 Å². The molecule has 76 valence electrons. The highest BCUT2D eigenvalue weighted by atomic mass is 19.1. The molecule has 2 nitrogen and oxygen atoms in total. The van der Waals surface area contributed by atoms with Crippen LogP contribution in [-0.2, 0) is 0 Å². The predicted molar refractivity (Wildman–Crippen MR) is 57.6 cm³/mol. The number of benzene rings is 1. The molecule has 0 aliphatic rings. The standard InChI is InChI=1S/C8H6FN.C3H9N/c9-7-2-1-6-3-4-10-8(6)5-7;1-2-3-4/h1-5,10H;2-4H2,1H3. The molecule has 1 aromatic heterocycles. The van der Waals surface area contributed by atoms with Crippen LogP contribution in [0.3, 0.4) is 0 Å². The zero-order valence-corrected chi connectivity index (χ0v) is 8.26. The molecule has 3 heteroatoms. The molecule has 0 unspecified atom stereocenters. The molecule has 0 radical (unpaired) electrons. The molecule has 3 N–H and O–H groups in total. The number of nitrogens with one attached hydrogen (secondary N) is 1. The summed E-state index contributed by atoms with van der Waals surface area (Å²) in [4.78, 5) is 2.92. The number of nitrogens with two attached hydrogens (primary N) is 1. The van der Waals surface area contributed by atoms with E-state index in [9.17, 15) is 4.39 Å². The molecule has 0 fully saturated rings. The largest absolute Gasteiger partial charge is 0.361 e. The van der Waals surface area contributed by atoms with Crippen molar-refractivity contribution in [3.05, 3.63) is 36.3 Å². The summed E-state index contributed by atoms with van der Waals surface area (Å²) in [5.41, 5.74) is 5.88. The van der Waals surface area contributed by atoms with Crippen molar-refractivity contribution in [1.82, 2.24) is 4.98 Å². The number of fused-ring (bicyclic) bond motifs is 1. The summed E-state index contributed by atoms with van der Waals surface area (Å²) in [6.45, 7) is 2.88. The van der Waals surface area contributed by atoms with Crippen LogP contribution in [0.15, 0.2) is 30.5 Å². The maximum absolute atomic E-state index is 12.5. The molecule has 0 amide bonds. The summed E-state index contributed by atoms with van der Waals surface area (Å²) in [6.07, 6.45) is 2.89. The van der Waals surface area contributed by atoms with E-state index in [1.807, 2.05) is 6.07 Å². The molecule has 0 aliphatic heterocycles. The van der Waals surface area contributed by atoms with Crippen molar-refractivity contribution >= 4 is 10.9 Å². The smallest absolute Gasteiger partial charge is 0.125 e. The van der Waals surface area contributed by atoms with Crippen LogP contribution in [0.2, 0.25) is 0 Å². The van der Waals surface area contributed by atoms with Crippen molar-refractivity contribution < 1.29 is 4.39 Å². The lowest BCUT2D eigenvalue weighted by atomic mass is 10.2. The second-order valence-electron chi connectivity index (χ2n) is 3.00. The van der Waals surface area contributed by atoms with E-state index in [4.69, 9.17) is 5.73 Å². The molecule has 2 aromatic rings. The summed E-state index contributed by atoms with van der Waals surface area (Å²) in [5.74, 6) is -0.199. The third-order valence-corrected chi connectivity index (χ3v) is 1.81. The Balaban J connectivity index is 0.000000213. The molecule has 1 heterocycles. The van der Waals surface area contributed by atoms with Crippen LogP contribution in [0.5, 0.6) is 0 Å². The predicted octanol–water partition coefficient (Wildman–Crippen LogP) is 2.66. The fraction of sp³-hybridized carbons (Fsp3) is 0.273. The van der Waals surface area contributed by atoms with Crippen molar-refractivity contribution in [2.75, 3.05) is 6.54 Å². The van der Waals surface area contributed by atoms with E-state index in [1.54, 1.807) is 12.3 Å². The first-order chi connectivity index (χ1) is 6.77. The molecule has 0 saturated heterocycles. The molecule has 0 bridgehead atoms. The molecule has 0 aliphatic carbocycles. The molecule has 1 aromatic carbocycles. The molecule has 14 heavy (non-hydrogen) atoms. The number of rotatable bonds is 1. The summed E-state index contributed by atoms with van der Waals surface area (Å²) in [5, 5.41) is 1.04. The van der Waals surface area contributed by atoms with Gasteiger partial charge in [0.25, 0.3) is 0 Å². The van der Waals surface area contributed by atoms with E-state index in [1.165, 1.54) is 12.1 Å². The maximum Gasteiger partial charge on any atom is 0.125 e. The highest BCUT2D eigenvalue weighted by Crippen LogP contribution is 2.12. The van der Waals surface area contributed by atoms with Crippen LogP contribution in [0, 0.1) is 5.82 Å². The minimum Gasteiger partial charge on any atom is -0.361 e. The van der Waals surface area contributed by atoms with Gasteiger partial charge in [0, 0.05) is 11.7 Å². The van der Waals surface area contributed by atoms with Gasteiger partial charge in [-0.15, -0.1) is 0 Å². The third kappa shape index (κ3) is 2.85. The maximum atomic E-state index is 12.5. The summed E-state index contributed by atoms with van der Waals surface area (Å²) < 4.78 is 12.5. The number of aromatic nitrogens is 1. The lowest BCUT2D eigenvalue weighted by molar-refractivity contribution is 0.629. The van der Waals surface area contributed by atoms with Crippen LogP contribution < -0.4 is 5.73 Å². The van der Waals surface area contributed by atoms with Crippen molar-refractivity contribution in [2.24, 2.45) is 5.73 Å². The molecule has 0 saturated carbocycles. The minimum absolute atomic E-state index is 0.199. The molecule has 0 spiro atoms. The van der Waals surface area contributed by atoms with E-state index in [0.717, 1.165) is 23.9 Å². The number of H-pyrrole nitrogens is 1. The van der Waals surface area contributed by atoms with E-state index < -0.39 is 0 Å². The Hall–Kier alpha value is -1.35. The molecular weight excluding hydrogens is 179 g/mol. The number of hydrogen-bond donors (Lipinski definition) is 2. The van der Waals surface area contributed by atoms with Gasteiger partial charge in [0.1, 0.15) is 5.82 Å². The third-order valence-electron chi connectivity index (χ3n) is 1.81. The Morgan fingerprint density at radius 3 is 2.71 bits per heavy atom. The monoisotopic (exact) mass is 194 g/mol. The Bertz CT molecular complexity index is 379. The Morgan fingerprint density at radius 2 is 2.07 bits per heavy atom. The van der Waals surface area contributed by atoms with Crippen molar-refractivity contribution in [3.63, 3.8) is 0 Å². The first kappa shape index (κ1) is 10.7. The fourth-order valence-corrected chi connectivity index (χ4v) is 1.02.